The molecule has 0 unspecified atom stereocenters. The monoisotopic (exact) mass is 579 g/mol. The molecule has 2 heterocycles. The molecule has 5 rings (SSSR count). The highest BCUT2D eigenvalue weighted by Gasteiger charge is 2.53. The van der Waals surface area contributed by atoms with Crippen LogP contribution in [0.3, 0.4) is 0 Å². The minimum absolute atomic E-state index is 0.0331. The maximum absolute atomic E-state index is 14.0. The van der Waals surface area contributed by atoms with Crippen molar-refractivity contribution in [3.05, 3.63) is 96.1 Å². The van der Waals surface area contributed by atoms with Gasteiger partial charge in [-0.25, -0.2) is 18.7 Å². The second-order valence-corrected chi connectivity index (χ2v) is 11.9. The van der Waals surface area contributed by atoms with Gasteiger partial charge >= 0.3 is 6.09 Å². The van der Waals surface area contributed by atoms with E-state index < -0.39 is 34.1 Å². The number of sulfonamides is 1. The van der Waals surface area contributed by atoms with Gasteiger partial charge in [-0.3, -0.25) is 9.63 Å². The maximum Gasteiger partial charge on any atom is 0.410 e. The summed E-state index contributed by atoms with van der Waals surface area (Å²) in [5.74, 6) is -0.159. The van der Waals surface area contributed by atoms with Crippen molar-refractivity contribution in [3.8, 4) is 5.75 Å². The lowest BCUT2D eigenvalue weighted by Crippen LogP contribution is -2.54. The Morgan fingerprint density at radius 2 is 1.54 bits per heavy atom. The predicted molar refractivity (Wildman–Crippen MR) is 150 cm³/mol. The molecule has 3 aromatic rings. The van der Waals surface area contributed by atoms with E-state index in [1.165, 1.54) is 28.4 Å². The van der Waals surface area contributed by atoms with Crippen molar-refractivity contribution >= 4 is 22.0 Å². The SMILES string of the molecule is COc1ccc(S(=O)(=O)N2[C@H](C(=O)NOCc3ccccc3)C[C@@H]3CCN(C(=O)OCc4ccccc4)C[C@@H]32)cc1. The summed E-state index contributed by atoms with van der Waals surface area (Å²) in [4.78, 5) is 33.4. The van der Waals surface area contributed by atoms with Crippen LogP contribution in [0.25, 0.3) is 0 Å². The number of rotatable bonds is 9. The number of nitrogens with zero attached hydrogens (tertiary/aromatic N) is 2. The van der Waals surface area contributed by atoms with Gasteiger partial charge in [0.2, 0.25) is 10.0 Å². The molecule has 2 aliphatic rings. The topological polar surface area (TPSA) is 114 Å². The molecular weight excluding hydrogens is 546 g/mol. The van der Waals surface area contributed by atoms with E-state index in [2.05, 4.69) is 5.48 Å². The number of hydroxylamine groups is 1. The van der Waals surface area contributed by atoms with E-state index in [1.807, 2.05) is 60.7 Å². The van der Waals surface area contributed by atoms with Gasteiger partial charge in [0.25, 0.3) is 5.91 Å². The quantitative estimate of drug-likeness (QED) is 0.384. The summed E-state index contributed by atoms with van der Waals surface area (Å²) in [5, 5.41) is 0. The molecule has 3 aromatic carbocycles. The van der Waals surface area contributed by atoms with Crippen molar-refractivity contribution < 1.29 is 32.3 Å². The summed E-state index contributed by atoms with van der Waals surface area (Å²) >= 11 is 0. The fourth-order valence-corrected chi connectivity index (χ4v) is 7.25. The molecule has 2 fully saturated rings. The number of fused-ring (bicyclic) bond motifs is 1. The molecule has 0 saturated carbocycles. The van der Waals surface area contributed by atoms with E-state index in [-0.39, 0.29) is 30.6 Å². The number of nitrogens with one attached hydrogen (secondary N) is 1. The predicted octanol–water partition coefficient (Wildman–Crippen LogP) is 3.73. The Morgan fingerprint density at radius 1 is 0.902 bits per heavy atom. The van der Waals surface area contributed by atoms with E-state index in [0.29, 0.717) is 25.1 Å². The zero-order chi connectivity index (χ0) is 28.8. The first-order valence-electron chi connectivity index (χ1n) is 13.5. The van der Waals surface area contributed by atoms with Crippen molar-refractivity contribution in [1.82, 2.24) is 14.7 Å². The molecule has 0 spiro atoms. The van der Waals surface area contributed by atoms with Gasteiger partial charge in [0.15, 0.2) is 0 Å². The second kappa shape index (κ2) is 12.7. The molecular formula is C30H33N3O7S. The van der Waals surface area contributed by atoms with Crippen LogP contribution in [0.1, 0.15) is 24.0 Å². The van der Waals surface area contributed by atoms with Crippen molar-refractivity contribution in [2.75, 3.05) is 20.2 Å². The Balaban J connectivity index is 1.34. The number of ether oxygens (including phenoxy) is 2. The van der Waals surface area contributed by atoms with E-state index >= 15 is 0 Å². The Hall–Kier alpha value is -3.93. The molecule has 0 aromatic heterocycles. The van der Waals surface area contributed by atoms with Crippen LogP contribution < -0.4 is 10.2 Å². The summed E-state index contributed by atoms with van der Waals surface area (Å²) < 4.78 is 40.0. The Kier molecular flexibility index (Phi) is 8.87. The number of amides is 2. The largest absolute Gasteiger partial charge is 0.497 e. The average molecular weight is 580 g/mol. The van der Waals surface area contributed by atoms with Gasteiger partial charge in [0.1, 0.15) is 18.4 Å². The van der Waals surface area contributed by atoms with Crippen LogP contribution >= 0.6 is 0 Å². The Labute approximate surface area is 239 Å². The van der Waals surface area contributed by atoms with Crippen molar-refractivity contribution in [1.29, 1.82) is 0 Å². The maximum atomic E-state index is 14.0. The summed E-state index contributed by atoms with van der Waals surface area (Å²) in [6.45, 7) is 0.771. The van der Waals surface area contributed by atoms with Crippen LogP contribution in [0.4, 0.5) is 4.79 Å². The van der Waals surface area contributed by atoms with Crippen LogP contribution in [0.2, 0.25) is 0 Å². The molecule has 2 aliphatic heterocycles. The van der Waals surface area contributed by atoms with E-state index in [4.69, 9.17) is 14.3 Å². The molecule has 41 heavy (non-hydrogen) atoms. The highest BCUT2D eigenvalue weighted by atomic mass is 32.2. The van der Waals surface area contributed by atoms with E-state index in [1.54, 1.807) is 12.1 Å². The smallest absolute Gasteiger partial charge is 0.410 e. The summed E-state index contributed by atoms with van der Waals surface area (Å²) in [7, 11) is -2.63. The minimum Gasteiger partial charge on any atom is -0.497 e. The molecule has 216 valence electrons. The lowest BCUT2D eigenvalue weighted by molar-refractivity contribution is -0.138. The van der Waals surface area contributed by atoms with Gasteiger partial charge in [-0.1, -0.05) is 60.7 Å². The van der Waals surface area contributed by atoms with Gasteiger partial charge in [0.05, 0.1) is 18.6 Å². The molecule has 11 heteroatoms. The number of carbonyl (C=O) groups is 2. The summed E-state index contributed by atoms with van der Waals surface area (Å²) in [6.07, 6.45) is 0.329. The third kappa shape index (κ3) is 6.53. The molecule has 0 aliphatic carbocycles. The number of hydrogen-bond donors (Lipinski definition) is 1. The molecule has 2 amide bonds. The molecule has 3 atom stereocenters. The van der Waals surface area contributed by atoms with E-state index in [0.717, 1.165) is 11.1 Å². The zero-order valence-electron chi connectivity index (χ0n) is 22.7. The van der Waals surface area contributed by atoms with Crippen molar-refractivity contribution in [2.24, 2.45) is 5.92 Å². The lowest BCUT2D eigenvalue weighted by Gasteiger charge is -2.37. The van der Waals surface area contributed by atoms with E-state index in [9.17, 15) is 18.0 Å². The molecule has 10 nitrogen and oxygen atoms in total. The zero-order valence-corrected chi connectivity index (χ0v) is 23.5. The molecule has 0 radical (unpaired) electrons. The van der Waals surface area contributed by atoms with Crippen LogP contribution in [0, 0.1) is 5.92 Å². The molecule has 1 N–H and O–H groups in total. The first-order valence-corrected chi connectivity index (χ1v) is 14.9. The number of methoxy groups -OCH3 is 1. The van der Waals surface area contributed by atoms with Gasteiger partial charge in [-0.05, 0) is 54.2 Å². The third-order valence-electron chi connectivity index (χ3n) is 7.54. The number of piperidine rings is 1. The standard InChI is InChI=1S/C30H33N3O7S/c1-38-25-12-14-26(15-13-25)41(36,37)33-27(29(34)31-40-21-23-10-6-3-7-11-23)18-24-16-17-32(19-28(24)33)30(35)39-20-22-8-4-2-5-9-22/h2-15,24,27-28H,16-21H2,1H3,(H,31,34)/t24-,27-,28-/m0/s1. The third-order valence-corrected chi connectivity index (χ3v) is 9.48. The van der Waals surface area contributed by atoms with Gasteiger partial charge in [-0.2, -0.15) is 4.31 Å². The van der Waals surface area contributed by atoms with Crippen LogP contribution in [0.15, 0.2) is 89.8 Å². The molecule has 2 saturated heterocycles. The average Bonchev–Trinajstić information content (AvgIpc) is 3.41. The lowest BCUT2D eigenvalue weighted by atomic mass is 9.91. The number of carbonyl (C=O) groups excluding carboxylic acids is 2. The highest BCUT2D eigenvalue weighted by molar-refractivity contribution is 7.89. The first-order chi connectivity index (χ1) is 19.9. The van der Waals surface area contributed by atoms with Crippen LogP contribution in [0.5, 0.6) is 5.75 Å². The fourth-order valence-electron chi connectivity index (χ4n) is 5.41. The number of likely N-dealkylation sites (tertiary alicyclic amines) is 1. The second-order valence-electron chi connectivity index (χ2n) is 10.1. The van der Waals surface area contributed by atoms with Gasteiger partial charge in [-0.15, -0.1) is 0 Å². The number of hydrogen-bond acceptors (Lipinski definition) is 7. The normalized spacial score (nSPS) is 20.7. The minimum atomic E-state index is -4.13. The van der Waals surface area contributed by atoms with Gasteiger partial charge < -0.3 is 14.4 Å². The summed E-state index contributed by atoms with van der Waals surface area (Å²) in [5.41, 5.74) is 4.17. The van der Waals surface area contributed by atoms with Crippen LogP contribution in [-0.2, 0) is 37.6 Å². The van der Waals surface area contributed by atoms with Gasteiger partial charge in [0, 0.05) is 19.1 Å². The van der Waals surface area contributed by atoms with Crippen LogP contribution in [-0.4, -0.2) is 61.9 Å². The number of benzene rings is 3. The Morgan fingerprint density at radius 3 is 2.17 bits per heavy atom. The van der Waals surface area contributed by atoms with Crippen molar-refractivity contribution in [2.45, 2.75) is 43.0 Å². The molecule has 0 bridgehead atoms. The summed E-state index contributed by atoms with van der Waals surface area (Å²) in [6, 6.07) is 23.1. The first kappa shape index (κ1) is 28.6. The highest BCUT2D eigenvalue weighted by Crippen LogP contribution is 2.40. The van der Waals surface area contributed by atoms with Crippen molar-refractivity contribution in [3.63, 3.8) is 0 Å². The Bertz CT molecular complexity index is 1440. The fraction of sp³-hybridized carbons (Fsp3) is 0.333.